The molecular formula is C56H56BFN2S. The summed E-state index contributed by atoms with van der Waals surface area (Å²) in [6.45, 7) is 29.4. The van der Waals surface area contributed by atoms with E-state index in [4.69, 9.17) is 0 Å². The Kier molecular flexibility index (Phi) is 8.83. The molecule has 0 atom stereocenters. The first-order valence-corrected chi connectivity index (χ1v) is 22.8. The molecule has 5 heteroatoms. The van der Waals surface area contributed by atoms with Crippen LogP contribution in [0.2, 0.25) is 0 Å². The highest BCUT2D eigenvalue weighted by Crippen LogP contribution is 2.53. The average molecular weight is 819 g/mol. The van der Waals surface area contributed by atoms with Gasteiger partial charge >= 0.3 is 0 Å². The van der Waals surface area contributed by atoms with E-state index in [1.165, 1.54) is 88.3 Å². The van der Waals surface area contributed by atoms with Crippen molar-refractivity contribution < 1.29 is 4.39 Å². The fourth-order valence-corrected chi connectivity index (χ4v) is 12.0. The van der Waals surface area contributed by atoms with Gasteiger partial charge in [0.1, 0.15) is 5.82 Å². The van der Waals surface area contributed by atoms with Gasteiger partial charge in [-0.1, -0.05) is 115 Å². The summed E-state index contributed by atoms with van der Waals surface area (Å²) in [5.74, 6) is -0.236. The van der Waals surface area contributed by atoms with Gasteiger partial charge in [-0.05, 0) is 161 Å². The van der Waals surface area contributed by atoms with Gasteiger partial charge in [0.05, 0.1) is 5.69 Å². The summed E-state index contributed by atoms with van der Waals surface area (Å²) < 4.78 is 18.8. The minimum atomic E-state index is -0.236. The molecule has 0 amide bonds. The summed E-state index contributed by atoms with van der Waals surface area (Å²) in [6, 6.07) is 38.1. The minimum Gasteiger partial charge on any atom is -0.311 e. The van der Waals surface area contributed by atoms with Crippen molar-refractivity contribution in [2.45, 2.75) is 105 Å². The fraction of sp³-hybridized carbons (Fsp3) is 0.286. The number of hydrogen-bond acceptors (Lipinski definition) is 3. The molecule has 0 saturated carbocycles. The van der Waals surface area contributed by atoms with E-state index in [2.05, 4.69) is 171 Å². The van der Waals surface area contributed by atoms with Crippen LogP contribution in [0.1, 0.15) is 107 Å². The standard InChI is InChI=1S/C56H56BFN2S/c1-32(2)39-14-13-15-44(58)50(39)36-17-22-43-46(29-36)60(45-23-16-33(3)26-35(45)5)48-28-34(4)27-47-51(48)57(43)53-52(59(47)38-20-18-37(19-21-38)54(6,7)8)40-30-41-42(31-49(40)61-53)56(11,12)25-24-55(41,9)10/h13-23,26-31H,1,24-25H2,2-12H3. The quantitative estimate of drug-likeness (QED) is 0.163. The maximum atomic E-state index is 16.1. The molecule has 6 aromatic carbocycles. The van der Waals surface area contributed by atoms with Crippen molar-refractivity contribution in [1.82, 2.24) is 0 Å². The second kappa shape index (κ2) is 13.6. The topological polar surface area (TPSA) is 6.48 Å². The van der Waals surface area contributed by atoms with Crippen LogP contribution in [0, 0.1) is 26.6 Å². The van der Waals surface area contributed by atoms with E-state index in [-0.39, 0.29) is 28.8 Å². The van der Waals surface area contributed by atoms with E-state index < -0.39 is 0 Å². The third kappa shape index (κ3) is 6.09. The molecule has 7 aromatic rings. The molecule has 0 bridgehead atoms. The second-order valence-electron chi connectivity index (χ2n) is 20.6. The van der Waals surface area contributed by atoms with Crippen molar-refractivity contribution in [3.8, 4) is 11.1 Å². The molecule has 2 aliphatic heterocycles. The zero-order valence-corrected chi connectivity index (χ0v) is 38.5. The SMILES string of the molecule is C=C(C)c1cccc(F)c1-c1ccc2c(c1)N(c1ccc(C)cc1C)c1cc(C)cc3c1B2c1sc2cc4c(cc2c1N3c1ccc(C(C)(C)C)cc1)C(C)(C)CCC4(C)C. The molecule has 3 aliphatic rings. The van der Waals surface area contributed by atoms with Crippen LogP contribution in [0.15, 0.2) is 110 Å². The van der Waals surface area contributed by atoms with Gasteiger partial charge in [-0.2, -0.15) is 0 Å². The number of hydrogen-bond donors (Lipinski definition) is 0. The zero-order chi connectivity index (χ0) is 43.1. The Hall–Kier alpha value is -5.39. The molecule has 10 rings (SSSR count). The van der Waals surface area contributed by atoms with Crippen molar-refractivity contribution in [3.63, 3.8) is 0 Å². The van der Waals surface area contributed by atoms with Gasteiger partial charge in [-0.15, -0.1) is 11.3 Å². The Morgan fingerprint density at radius 1 is 0.721 bits per heavy atom. The number of nitrogens with zero attached hydrogens (tertiary/aromatic N) is 2. The van der Waals surface area contributed by atoms with E-state index in [1.54, 1.807) is 12.1 Å². The van der Waals surface area contributed by atoms with Crippen LogP contribution >= 0.6 is 11.3 Å². The normalized spacial score (nSPS) is 16.0. The Morgan fingerprint density at radius 3 is 2.05 bits per heavy atom. The van der Waals surface area contributed by atoms with Gasteiger partial charge in [-0.25, -0.2) is 4.39 Å². The van der Waals surface area contributed by atoms with Crippen LogP contribution in [0.5, 0.6) is 0 Å². The Labute approximate surface area is 366 Å². The van der Waals surface area contributed by atoms with E-state index in [9.17, 15) is 0 Å². The lowest BCUT2D eigenvalue weighted by atomic mass is 9.36. The molecular weight excluding hydrogens is 763 g/mol. The lowest BCUT2D eigenvalue weighted by Gasteiger charge is -2.44. The van der Waals surface area contributed by atoms with E-state index in [1.807, 2.05) is 24.3 Å². The van der Waals surface area contributed by atoms with Crippen molar-refractivity contribution >= 4 is 83.5 Å². The molecule has 306 valence electrons. The van der Waals surface area contributed by atoms with Crippen molar-refractivity contribution in [2.75, 3.05) is 9.80 Å². The third-order valence-electron chi connectivity index (χ3n) is 14.1. The van der Waals surface area contributed by atoms with Crippen LogP contribution in [0.25, 0.3) is 26.8 Å². The smallest absolute Gasteiger partial charge is 0.264 e. The van der Waals surface area contributed by atoms with Crippen molar-refractivity contribution in [3.05, 3.63) is 154 Å². The molecule has 0 unspecified atom stereocenters. The maximum absolute atomic E-state index is 16.1. The summed E-state index contributed by atoms with van der Waals surface area (Å²) in [5, 5.41) is 1.32. The average Bonchev–Trinajstić information content (AvgIpc) is 3.57. The lowest BCUT2D eigenvalue weighted by molar-refractivity contribution is 0.332. The fourth-order valence-electron chi connectivity index (χ4n) is 10.7. The first-order chi connectivity index (χ1) is 28.8. The molecule has 1 aliphatic carbocycles. The molecule has 0 fully saturated rings. The highest BCUT2D eigenvalue weighted by atomic mass is 32.1. The molecule has 61 heavy (non-hydrogen) atoms. The minimum absolute atomic E-state index is 0.0339. The van der Waals surface area contributed by atoms with Gasteiger partial charge in [0.25, 0.3) is 6.71 Å². The summed E-state index contributed by atoms with van der Waals surface area (Å²) in [7, 11) is 0. The highest BCUT2D eigenvalue weighted by Gasteiger charge is 2.47. The number of thiophene rings is 1. The molecule has 0 saturated heterocycles. The molecule has 0 spiro atoms. The number of aryl methyl sites for hydroxylation is 3. The Bertz CT molecular complexity index is 3000. The van der Waals surface area contributed by atoms with Gasteiger partial charge in [0, 0.05) is 48.9 Å². The summed E-state index contributed by atoms with van der Waals surface area (Å²) in [6.07, 6.45) is 2.33. The molecule has 2 nitrogen and oxygen atoms in total. The number of anilines is 6. The van der Waals surface area contributed by atoms with Gasteiger partial charge in [0.15, 0.2) is 0 Å². The van der Waals surface area contributed by atoms with Crippen LogP contribution in [-0.4, -0.2) is 6.71 Å². The zero-order valence-electron chi connectivity index (χ0n) is 37.7. The summed E-state index contributed by atoms with van der Waals surface area (Å²) in [5.41, 5.74) is 20.8. The summed E-state index contributed by atoms with van der Waals surface area (Å²) >= 11 is 1.97. The first kappa shape index (κ1) is 39.7. The lowest BCUT2D eigenvalue weighted by Crippen LogP contribution is -2.60. The van der Waals surface area contributed by atoms with Gasteiger partial charge in [-0.3, -0.25) is 0 Å². The first-order valence-electron chi connectivity index (χ1n) is 22.0. The number of halogens is 1. The third-order valence-corrected chi connectivity index (χ3v) is 15.3. The number of allylic oxidation sites excluding steroid dienone is 1. The molecule has 0 N–H and O–H groups in total. The van der Waals surface area contributed by atoms with E-state index >= 15 is 4.39 Å². The molecule has 0 radical (unpaired) electrons. The van der Waals surface area contributed by atoms with Crippen LogP contribution in [-0.2, 0) is 16.2 Å². The second-order valence-corrected chi connectivity index (χ2v) is 21.7. The highest BCUT2D eigenvalue weighted by molar-refractivity contribution is 7.33. The van der Waals surface area contributed by atoms with Gasteiger partial charge < -0.3 is 9.80 Å². The van der Waals surface area contributed by atoms with Crippen molar-refractivity contribution in [1.29, 1.82) is 0 Å². The monoisotopic (exact) mass is 818 g/mol. The van der Waals surface area contributed by atoms with Gasteiger partial charge in [0.2, 0.25) is 0 Å². The number of fused-ring (bicyclic) bond motifs is 7. The van der Waals surface area contributed by atoms with Crippen LogP contribution < -0.4 is 25.5 Å². The largest absolute Gasteiger partial charge is 0.311 e. The van der Waals surface area contributed by atoms with E-state index in [0.29, 0.717) is 5.56 Å². The maximum Gasteiger partial charge on any atom is 0.264 e. The Morgan fingerprint density at radius 2 is 1.39 bits per heavy atom. The van der Waals surface area contributed by atoms with Crippen LogP contribution in [0.4, 0.5) is 38.5 Å². The summed E-state index contributed by atoms with van der Waals surface area (Å²) in [4.78, 5) is 5.06. The van der Waals surface area contributed by atoms with Crippen molar-refractivity contribution in [2.24, 2.45) is 0 Å². The molecule has 1 aromatic heterocycles. The number of benzene rings is 6. The number of rotatable bonds is 4. The molecule has 3 heterocycles. The van der Waals surface area contributed by atoms with Crippen LogP contribution in [0.3, 0.4) is 0 Å². The predicted octanol–water partition coefficient (Wildman–Crippen LogP) is 14.4. The Balaban J connectivity index is 1.33. The predicted molar refractivity (Wildman–Crippen MR) is 264 cm³/mol. The van der Waals surface area contributed by atoms with E-state index in [0.717, 1.165) is 34.5 Å².